The van der Waals surface area contributed by atoms with Gasteiger partial charge in [0.05, 0.1) is 0 Å². The number of nitrogens with zero attached hydrogens (tertiary/aromatic N) is 1. The van der Waals surface area contributed by atoms with Crippen molar-refractivity contribution in [1.82, 2.24) is 0 Å². The minimum absolute atomic E-state index is 0.117. The fourth-order valence-electron chi connectivity index (χ4n) is 2.77. The molecule has 1 amide bonds. The fraction of sp³-hybridized carbons (Fsp3) is 0.429. The van der Waals surface area contributed by atoms with Crippen LogP contribution in [0.5, 0.6) is 0 Å². The summed E-state index contributed by atoms with van der Waals surface area (Å²) in [5.74, 6) is -1.65. The Balaban J connectivity index is 1.91. The van der Waals surface area contributed by atoms with Crippen LogP contribution in [0.2, 0.25) is 0 Å². The molecule has 0 aromatic heterocycles. The molecular weight excluding hydrogens is 246 g/mol. The zero-order valence-corrected chi connectivity index (χ0v) is 10.4. The van der Waals surface area contributed by atoms with Crippen LogP contribution >= 0.6 is 0 Å². The van der Waals surface area contributed by atoms with Gasteiger partial charge in [-0.2, -0.15) is 0 Å². The monoisotopic (exact) mass is 261 g/mol. The summed E-state index contributed by atoms with van der Waals surface area (Å²) in [5.41, 5.74) is 1.41. The molecule has 0 saturated carbocycles. The van der Waals surface area contributed by atoms with Gasteiger partial charge in [0.25, 0.3) is 5.91 Å². The fourth-order valence-corrected chi connectivity index (χ4v) is 2.77. The number of hydrogen-bond donors (Lipinski definition) is 1. The molecule has 2 heterocycles. The first-order valence-corrected chi connectivity index (χ1v) is 6.43. The second kappa shape index (κ2) is 4.66. The molecule has 5 heteroatoms. The zero-order chi connectivity index (χ0) is 13.4. The van der Waals surface area contributed by atoms with E-state index in [2.05, 4.69) is 0 Å². The van der Waals surface area contributed by atoms with Crippen LogP contribution in [0.3, 0.4) is 0 Å². The van der Waals surface area contributed by atoms with E-state index in [0.717, 1.165) is 12.8 Å². The molecule has 2 aliphatic rings. The number of anilines is 1. The van der Waals surface area contributed by atoms with E-state index in [4.69, 9.17) is 4.74 Å². The van der Waals surface area contributed by atoms with Crippen LogP contribution in [-0.2, 0) is 14.3 Å². The predicted octanol–water partition coefficient (Wildman–Crippen LogP) is 1.38. The maximum atomic E-state index is 12.4. The largest absolute Gasteiger partial charge is 0.481 e. The van der Waals surface area contributed by atoms with Gasteiger partial charge < -0.3 is 14.7 Å². The summed E-state index contributed by atoms with van der Waals surface area (Å²) in [6.07, 6.45) is 1.18. The van der Waals surface area contributed by atoms with Gasteiger partial charge in [-0.05, 0) is 24.5 Å². The van der Waals surface area contributed by atoms with E-state index < -0.39 is 18.0 Å². The molecule has 100 valence electrons. The Bertz CT molecular complexity index is 522. The van der Waals surface area contributed by atoms with Gasteiger partial charge in [0.15, 0.2) is 0 Å². The lowest BCUT2D eigenvalue weighted by molar-refractivity contribution is -0.138. The molecule has 0 aliphatic carbocycles. The molecule has 0 radical (unpaired) electrons. The maximum absolute atomic E-state index is 12.4. The van der Waals surface area contributed by atoms with E-state index in [0.29, 0.717) is 17.9 Å². The van der Waals surface area contributed by atoms with Gasteiger partial charge in [0, 0.05) is 18.8 Å². The second-order valence-corrected chi connectivity index (χ2v) is 4.90. The van der Waals surface area contributed by atoms with Crippen LogP contribution in [0, 0.1) is 0 Å². The smallest absolute Gasteiger partial charge is 0.312 e. The molecule has 0 unspecified atom stereocenters. The van der Waals surface area contributed by atoms with Gasteiger partial charge in [-0.15, -0.1) is 0 Å². The lowest BCUT2D eigenvalue weighted by Crippen LogP contribution is -2.38. The van der Waals surface area contributed by atoms with Gasteiger partial charge in [-0.1, -0.05) is 18.2 Å². The van der Waals surface area contributed by atoms with Gasteiger partial charge in [-0.3, -0.25) is 9.59 Å². The number of carbonyl (C=O) groups is 2. The van der Waals surface area contributed by atoms with E-state index in [1.807, 2.05) is 6.07 Å². The third-order valence-electron chi connectivity index (χ3n) is 3.74. The number of rotatable bonds is 2. The van der Waals surface area contributed by atoms with Crippen LogP contribution in [0.25, 0.3) is 0 Å². The molecule has 3 rings (SSSR count). The first-order valence-electron chi connectivity index (χ1n) is 6.43. The van der Waals surface area contributed by atoms with Crippen molar-refractivity contribution in [1.29, 1.82) is 0 Å². The topological polar surface area (TPSA) is 66.8 Å². The van der Waals surface area contributed by atoms with Crippen molar-refractivity contribution in [2.45, 2.75) is 24.9 Å². The Morgan fingerprint density at radius 1 is 1.32 bits per heavy atom. The number of amides is 1. The number of carbonyl (C=O) groups excluding carboxylic acids is 1. The van der Waals surface area contributed by atoms with Gasteiger partial charge in [-0.25, -0.2) is 0 Å². The quantitative estimate of drug-likeness (QED) is 0.873. The molecule has 1 aromatic rings. The first kappa shape index (κ1) is 12.2. The van der Waals surface area contributed by atoms with Crippen molar-refractivity contribution >= 4 is 17.6 Å². The third kappa shape index (κ3) is 2.00. The van der Waals surface area contributed by atoms with Gasteiger partial charge in [0.2, 0.25) is 0 Å². The number of ether oxygens (including phenoxy) is 1. The van der Waals surface area contributed by atoms with Crippen LogP contribution in [0.4, 0.5) is 5.69 Å². The molecule has 2 aliphatic heterocycles. The van der Waals surface area contributed by atoms with Crippen LogP contribution in [0.15, 0.2) is 24.3 Å². The molecule has 1 aromatic carbocycles. The standard InChI is InChI=1S/C14H15NO4/c16-13(12-6-3-7-19-12)15-8-10(14(17)18)9-4-1-2-5-11(9)15/h1-2,4-5,10,12H,3,6-8H2,(H,17,18)/t10-,12+/m1/s1. The molecule has 1 fully saturated rings. The average molecular weight is 261 g/mol. The Morgan fingerprint density at radius 2 is 2.11 bits per heavy atom. The van der Waals surface area contributed by atoms with E-state index >= 15 is 0 Å². The van der Waals surface area contributed by atoms with Crippen molar-refractivity contribution in [3.05, 3.63) is 29.8 Å². The highest BCUT2D eigenvalue weighted by Crippen LogP contribution is 2.37. The van der Waals surface area contributed by atoms with Crippen LogP contribution in [0.1, 0.15) is 24.3 Å². The molecule has 1 saturated heterocycles. The number of aliphatic carboxylic acids is 1. The van der Waals surface area contributed by atoms with E-state index in [9.17, 15) is 14.7 Å². The minimum atomic E-state index is -0.893. The zero-order valence-electron chi connectivity index (χ0n) is 10.4. The number of carboxylic acids is 1. The Labute approximate surface area is 110 Å². The summed E-state index contributed by atoms with van der Waals surface area (Å²) < 4.78 is 5.40. The van der Waals surface area contributed by atoms with Crippen molar-refractivity contribution in [2.75, 3.05) is 18.1 Å². The van der Waals surface area contributed by atoms with Crippen LogP contribution in [-0.4, -0.2) is 36.2 Å². The highest BCUT2D eigenvalue weighted by atomic mass is 16.5. The van der Waals surface area contributed by atoms with Gasteiger partial charge in [0.1, 0.15) is 12.0 Å². The molecule has 0 spiro atoms. The maximum Gasteiger partial charge on any atom is 0.312 e. The number of carboxylic acid groups (broad SMARTS) is 1. The second-order valence-electron chi connectivity index (χ2n) is 4.90. The molecule has 2 atom stereocenters. The minimum Gasteiger partial charge on any atom is -0.481 e. The lowest BCUT2D eigenvalue weighted by atomic mass is 10.0. The third-order valence-corrected chi connectivity index (χ3v) is 3.74. The molecule has 0 bridgehead atoms. The Hall–Kier alpha value is -1.88. The van der Waals surface area contributed by atoms with E-state index in [1.165, 1.54) is 0 Å². The molecule has 5 nitrogen and oxygen atoms in total. The van der Waals surface area contributed by atoms with Crippen molar-refractivity contribution in [2.24, 2.45) is 0 Å². The summed E-state index contributed by atoms with van der Waals surface area (Å²) in [6, 6.07) is 7.19. The van der Waals surface area contributed by atoms with E-state index in [-0.39, 0.29) is 12.5 Å². The first-order chi connectivity index (χ1) is 9.18. The predicted molar refractivity (Wildman–Crippen MR) is 68.1 cm³/mol. The van der Waals surface area contributed by atoms with Gasteiger partial charge >= 0.3 is 5.97 Å². The number of benzene rings is 1. The molecule has 1 N–H and O–H groups in total. The van der Waals surface area contributed by atoms with E-state index in [1.54, 1.807) is 23.1 Å². The number of para-hydroxylation sites is 1. The Morgan fingerprint density at radius 3 is 2.79 bits per heavy atom. The average Bonchev–Trinajstić information content (AvgIpc) is 3.05. The lowest BCUT2D eigenvalue weighted by Gasteiger charge is -2.20. The highest BCUT2D eigenvalue weighted by Gasteiger charge is 2.39. The van der Waals surface area contributed by atoms with Crippen molar-refractivity contribution in [3.63, 3.8) is 0 Å². The van der Waals surface area contributed by atoms with Crippen molar-refractivity contribution in [3.8, 4) is 0 Å². The normalized spacial score (nSPS) is 25.4. The molecule has 19 heavy (non-hydrogen) atoms. The Kier molecular flexibility index (Phi) is 2.98. The summed E-state index contributed by atoms with van der Waals surface area (Å²) in [6.45, 7) is 0.807. The molecular formula is C14H15NO4. The summed E-state index contributed by atoms with van der Waals surface area (Å²) in [5, 5.41) is 9.26. The number of fused-ring (bicyclic) bond motifs is 1. The summed E-state index contributed by atoms with van der Waals surface area (Å²) >= 11 is 0. The SMILES string of the molecule is O=C(O)[C@@H]1CN(C(=O)[C@@H]2CCCO2)c2ccccc21. The summed E-state index contributed by atoms with van der Waals surface area (Å²) in [4.78, 5) is 25.2. The summed E-state index contributed by atoms with van der Waals surface area (Å²) in [7, 11) is 0. The number of hydrogen-bond acceptors (Lipinski definition) is 3. The highest BCUT2D eigenvalue weighted by molar-refractivity contribution is 6.01. The van der Waals surface area contributed by atoms with Crippen molar-refractivity contribution < 1.29 is 19.4 Å². The van der Waals surface area contributed by atoms with Crippen LogP contribution < -0.4 is 4.90 Å².